The van der Waals surface area contributed by atoms with E-state index in [4.69, 9.17) is 11.8 Å². The fraction of sp³-hybridized carbons (Fsp3) is 0. The second-order valence-electron chi connectivity index (χ2n) is 3.07. The van der Waals surface area contributed by atoms with Gasteiger partial charge in [-0.15, -0.1) is 0 Å². The van der Waals surface area contributed by atoms with Crippen LogP contribution in [0.4, 0.5) is 0 Å². The number of nitrogens with zero attached hydrogens (tertiary/aromatic N) is 7. The normalized spacial score (nSPS) is 16.6. The zero-order chi connectivity index (χ0) is 13.0. The van der Waals surface area contributed by atoms with Crippen LogP contribution in [0.1, 0.15) is 5.69 Å². The van der Waals surface area contributed by atoms with Crippen LogP contribution >= 0.6 is 0 Å². The summed E-state index contributed by atoms with van der Waals surface area (Å²) in [6, 6.07) is 1.76. The number of nitriles is 1. The summed E-state index contributed by atoms with van der Waals surface area (Å²) in [6.45, 7) is 6.88. The van der Waals surface area contributed by atoms with Gasteiger partial charge in [0, 0.05) is 0 Å². The molecule has 18 heavy (non-hydrogen) atoms. The predicted molar refractivity (Wildman–Crippen MR) is 63.9 cm³/mol. The Kier molecular flexibility index (Phi) is 3.53. The van der Waals surface area contributed by atoms with Crippen molar-refractivity contribution >= 4 is 31.0 Å². The fourth-order valence-electron chi connectivity index (χ4n) is 1.20. The summed E-state index contributed by atoms with van der Waals surface area (Å²) < 4.78 is 1.71. The third-order valence-electron chi connectivity index (χ3n) is 1.98. The topological polar surface area (TPSA) is 81.9 Å². The van der Waals surface area contributed by atoms with Gasteiger partial charge in [0.25, 0.3) is 0 Å². The molecule has 8 heteroatoms. The molecule has 0 bridgehead atoms. The molecule has 7 nitrogen and oxygen atoms in total. The van der Waals surface area contributed by atoms with Crippen molar-refractivity contribution in [1.29, 1.82) is 5.26 Å². The Morgan fingerprint density at radius 2 is 2.33 bits per heavy atom. The predicted octanol–water partition coefficient (Wildman–Crippen LogP) is 0.263. The number of hydrogen-bond acceptors (Lipinski definition) is 6. The minimum absolute atomic E-state index is 0.0991. The van der Waals surface area contributed by atoms with Gasteiger partial charge in [0.05, 0.1) is 0 Å². The Bertz CT molecular complexity index is 616. The molecule has 0 aromatic carbocycles. The molecule has 82 valence electrons. The summed E-state index contributed by atoms with van der Waals surface area (Å²) in [4.78, 5) is 19.3. The van der Waals surface area contributed by atoms with Gasteiger partial charge in [0.15, 0.2) is 0 Å². The average Bonchev–Trinajstić information content (AvgIpc) is 2.43. The molecule has 1 aromatic heterocycles. The number of allylic oxidation sites excluding steroid dienone is 1. The van der Waals surface area contributed by atoms with Crippen LogP contribution in [-0.4, -0.2) is 44.6 Å². The SMILES string of the molecule is [C-]#[N+]/C(C#N)=C1/N=C[N]([Ga])C(c2cnccn2)=N1. The summed E-state index contributed by atoms with van der Waals surface area (Å²) in [7, 11) is 0. The Labute approximate surface area is 113 Å². The van der Waals surface area contributed by atoms with Crippen molar-refractivity contribution in [3.05, 3.63) is 47.2 Å². The van der Waals surface area contributed by atoms with Crippen molar-refractivity contribution in [1.82, 2.24) is 13.6 Å². The summed E-state index contributed by atoms with van der Waals surface area (Å²) in [5.41, 5.74) is 0.418. The molecule has 1 aliphatic rings. The average molecular weight is 292 g/mol. The minimum atomic E-state index is -0.145. The standard InChI is InChI=1S/C10H4N7.Ga/c1-12-7(4-11)9-15-6-16-10(17-9)8-5-13-2-3-14-8;/h2-3,5-6H;/q-1;+1/b9-7-;. The van der Waals surface area contributed by atoms with E-state index in [2.05, 4.69) is 24.8 Å². The van der Waals surface area contributed by atoms with Crippen molar-refractivity contribution in [2.24, 2.45) is 9.98 Å². The molecule has 0 fully saturated rings. The van der Waals surface area contributed by atoms with Crippen LogP contribution in [0.3, 0.4) is 0 Å². The molecule has 0 amide bonds. The molecular formula is C10H4GaN7. The molecule has 0 spiro atoms. The monoisotopic (exact) mass is 291 g/mol. The van der Waals surface area contributed by atoms with Crippen LogP contribution in [0.25, 0.3) is 4.85 Å². The molecule has 1 aliphatic heterocycles. The van der Waals surface area contributed by atoms with E-state index in [1.54, 1.807) is 28.3 Å². The first-order valence-electron chi connectivity index (χ1n) is 4.71. The summed E-state index contributed by atoms with van der Waals surface area (Å²) in [5, 5.41) is 8.80. The summed E-state index contributed by atoms with van der Waals surface area (Å²) >= 11 is 1.26. The van der Waals surface area contributed by atoms with Crippen LogP contribution < -0.4 is 0 Å². The quantitative estimate of drug-likeness (QED) is 0.422. The number of rotatable bonds is 1. The molecule has 0 atom stereocenters. The molecule has 1 aromatic rings. The summed E-state index contributed by atoms with van der Waals surface area (Å²) in [5.74, 6) is 0.617. The van der Waals surface area contributed by atoms with E-state index in [0.29, 0.717) is 11.5 Å². The third kappa shape index (κ3) is 2.30. The Hall–Kier alpha value is -2.42. The second kappa shape index (κ2) is 5.27. The van der Waals surface area contributed by atoms with Gasteiger partial charge in [-0.3, -0.25) is 0 Å². The molecule has 2 heterocycles. The first kappa shape index (κ1) is 12.0. The van der Waals surface area contributed by atoms with Crippen molar-refractivity contribution in [2.75, 3.05) is 0 Å². The third-order valence-corrected chi connectivity index (χ3v) is 2.78. The van der Waals surface area contributed by atoms with E-state index in [1.807, 2.05) is 0 Å². The van der Waals surface area contributed by atoms with E-state index >= 15 is 0 Å². The molecule has 0 N–H and O–H groups in total. The summed E-state index contributed by atoms with van der Waals surface area (Å²) in [6.07, 6.45) is 6.18. The molecule has 0 saturated heterocycles. The first-order chi connectivity index (χ1) is 8.76. The van der Waals surface area contributed by atoms with Crippen LogP contribution in [-0.2, 0) is 0 Å². The zero-order valence-corrected chi connectivity index (χ0v) is 11.4. The molecule has 2 rings (SSSR count). The maximum absolute atomic E-state index is 8.80. The van der Waals surface area contributed by atoms with Crippen molar-refractivity contribution in [2.45, 2.75) is 0 Å². The van der Waals surface area contributed by atoms with Crippen LogP contribution in [0.5, 0.6) is 0 Å². The van der Waals surface area contributed by atoms with Crippen molar-refractivity contribution < 1.29 is 0 Å². The van der Waals surface area contributed by atoms with Crippen molar-refractivity contribution in [3.63, 3.8) is 0 Å². The van der Waals surface area contributed by atoms with Gasteiger partial charge < -0.3 is 0 Å². The molecule has 0 saturated carbocycles. The molecular weight excluding hydrogens is 288 g/mol. The number of hydrogen-bond donors (Lipinski definition) is 0. The maximum atomic E-state index is 8.80. The second-order valence-corrected chi connectivity index (χ2v) is 4.24. The van der Waals surface area contributed by atoms with Crippen LogP contribution in [0, 0.1) is 17.9 Å². The van der Waals surface area contributed by atoms with E-state index in [0.717, 1.165) is 0 Å². The molecule has 0 aliphatic carbocycles. The first-order valence-corrected chi connectivity index (χ1v) is 5.79. The van der Waals surface area contributed by atoms with Gasteiger partial charge in [-0.25, -0.2) is 0 Å². The van der Waals surface area contributed by atoms with Gasteiger partial charge in [-0.05, 0) is 0 Å². The zero-order valence-electron chi connectivity index (χ0n) is 9.02. The van der Waals surface area contributed by atoms with E-state index in [9.17, 15) is 0 Å². The van der Waals surface area contributed by atoms with Crippen LogP contribution in [0.2, 0.25) is 0 Å². The van der Waals surface area contributed by atoms with Gasteiger partial charge in [0.2, 0.25) is 0 Å². The van der Waals surface area contributed by atoms with E-state index < -0.39 is 0 Å². The Morgan fingerprint density at radius 3 is 2.94 bits per heavy atom. The number of aromatic nitrogens is 2. The van der Waals surface area contributed by atoms with E-state index in [-0.39, 0.29) is 11.5 Å². The molecule has 2 radical (unpaired) electrons. The fourth-order valence-corrected chi connectivity index (χ4v) is 1.74. The van der Waals surface area contributed by atoms with Gasteiger partial charge in [-0.1, -0.05) is 0 Å². The van der Waals surface area contributed by atoms with Gasteiger partial charge >= 0.3 is 113 Å². The van der Waals surface area contributed by atoms with Crippen LogP contribution in [0.15, 0.2) is 40.1 Å². The van der Waals surface area contributed by atoms with E-state index in [1.165, 1.54) is 25.2 Å². The molecule has 0 unspecified atom stereocenters. The van der Waals surface area contributed by atoms with Gasteiger partial charge in [-0.2, -0.15) is 0 Å². The Balaban J connectivity index is 2.52. The number of aliphatic imine (C=N–C) groups is 2. The Morgan fingerprint density at radius 1 is 1.50 bits per heavy atom. The van der Waals surface area contributed by atoms with Gasteiger partial charge in [0.1, 0.15) is 0 Å². The van der Waals surface area contributed by atoms with Crippen molar-refractivity contribution in [3.8, 4) is 6.07 Å². The number of amidine groups is 1.